The largest absolute Gasteiger partial charge is 1.00 e. The number of amides is 2. The fraction of sp³-hybridized carbons (Fsp3) is 0.353. The number of hydrogen-bond donors (Lipinski definition) is 3. The molecule has 0 spiro atoms. The first-order valence-electron chi connectivity index (χ1n) is 9.30. The number of nitrogens with one attached hydrogen (secondary N) is 2. The van der Waals surface area contributed by atoms with Crippen molar-refractivity contribution in [2.45, 2.75) is 34.7 Å². The van der Waals surface area contributed by atoms with E-state index in [0.717, 1.165) is 28.0 Å². The summed E-state index contributed by atoms with van der Waals surface area (Å²) in [5, 5.41) is 48.6. The van der Waals surface area contributed by atoms with E-state index in [-0.39, 0.29) is 131 Å². The number of β-lactam (4-membered cyclic amide) rings is 1. The van der Waals surface area contributed by atoms with E-state index < -0.39 is 52.5 Å². The number of carboxylic acids is 2. The monoisotopic (exact) mass is 588 g/mol. The van der Waals surface area contributed by atoms with E-state index in [1.54, 1.807) is 11.4 Å². The molecule has 1 saturated heterocycles. The van der Waals surface area contributed by atoms with Crippen molar-refractivity contribution in [1.29, 1.82) is 0 Å². The zero-order valence-electron chi connectivity index (χ0n) is 18.4. The molecule has 3 atom stereocenters. The zero-order chi connectivity index (χ0) is 23.7. The van der Waals surface area contributed by atoms with Gasteiger partial charge in [0.15, 0.2) is 5.06 Å². The minimum absolute atomic E-state index is 0. The molecule has 35 heavy (non-hydrogen) atoms. The summed E-state index contributed by atoms with van der Waals surface area (Å²) in [5.74, 6) is -4.16. The molecule has 2 aromatic rings. The first kappa shape index (κ1) is 31.4. The summed E-state index contributed by atoms with van der Waals surface area (Å²) in [6.45, 7) is 0. The molecule has 0 saturated carbocycles. The molecule has 2 aliphatic rings. The number of carbonyl (C=O) groups is 4. The Morgan fingerprint density at radius 1 is 1.34 bits per heavy atom. The van der Waals surface area contributed by atoms with Crippen molar-refractivity contribution in [2.24, 2.45) is 0 Å². The second-order valence-electron chi connectivity index (χ2n) is 6.93. The fourth-order valence-corrected chi connectivity index (χ4v) is 6.65. The third-order valence-electron chi connectivity index (χ3n) is 4.90. The number of tetrazole rings is 1. The zero-order valence-corrected chi connectivity index (χ0v) is 27.1. The number of carboxylic acid groups (broad SMARTS) is 2. The van der Waals surface area contributed by atoms with Crippen molar-refractivity contribution in [3.05, 3.63) is 28.3 Å². The van der Waals surface area contributed by atoms with Crippen molar-refractivity contribution >= 4 is 58.6 Å². The molecule has 4 heterocycles. The Morgan fingerprint density at radius 2 is 2.09 bits per heavy atom. The van der Waals surface area contributed by atoms with Crippen LogP contribution in [0.25, 0.3) is 0 Å². The van der Waals surface area contributed by atoms with Gasteiger partial charge >= 0.3 is 103 Å². The van der Waals surface area contributed by atoms with E-state index in [1.807, 2.05) is 0 Å². The molecule has 3 N–H and O–H groups in total. The minimum Gasteiger partial charge on any atom is -0.550 e. The van der Waals surface area contributed by atoms with Gasteiger partial charge in [0.1, 0.15) is 11.4 Å². The number of aromatic nitrogens is 4. The van der Waals surface area contributed by atoms with Gasteiger partial charge in [-0.15, -0.1) is 28.2 Å². The SMILES string of the molecule is O=C([O-])CC(Sc1nnn[nH]1)C1=C(C(=O)[O-])N2C(=O)C(NC(=O)Cc3ccsc3O)[C@@H]2SC1.[K+].[K+]. The molecule has 13 nitrogen and oxygen atoms in total. The maximum absolute atomic E-state index is 12.8. The van der Waals surface area contributed by atoms with E-state index in [4.69, 9.17) is 0 Å². The predicted molar refractivity (Wildman–Crippen MR) is 110 cm³/mol. The van der Waals surface area contributed by atoms with Crippen LogP contribution in [-0.2, 0) is 25.6 Å². The van der Waals surface area contributed by atoms with Crippen molar-refractivity contribution in [2.75, 3.05) is 5.75 Å². The Balaban J connectivity index is 0.00000216. The molecule has 1 fully saturated rings. The van der Waals surface area contributed by atoms with E-state index in [9.17, 15) is 34.5 Å². The second kappa shape index (κ2) is 13.8. The smallest absolute Gasteiger partial charge is 0.550 e. The molecule has 174 valence electrons. The van der Waals surface area contributed by atoms with Gasteiger partial charge in [0.05, 0.1) is 18.1 Å². The van der Waals surface area contributed by atoms with Crippen molar-refractivity contribution in [1.82, 2.24) is 30.8 Å². The van der Waals surface area contributed by atoms with E-state index in [0.29, 0.717) is 5.56 Å². The van der Waals surface area contributed by atoms with Crippen molar-refractivity contribution < 1.29 is 137 Å². The van der Waals surface area contributed by atoms with Crippen LogP contribution >= 0.6 is 34.9 Å². The van der Waals surface area contributed by atoms with Crippen LogP contribution in [0.15, 0.2) is 27.9 Å². The average Bonchev–Trinajstić information content (AvgIpc) is 3.42. The number of thioether (sulfide) groups is 2. The van der Waals surface area contributed by atoms with Crippen LogP contribution in [0.2, 0.25) is 0 Å². The summed E-state index contributed by atoms with van der Waals surface area (Å²) in [5.41, 5.74) is 0.137. The summed E-state index contributed by atoms with van der Waals surface area (Å²) >= 11 is 3.14. The molecular weight excluding hydrogens is 575 g/mol. The van der Waals surface area contributed by atoms with Gasteiger partial charge in [-0.3, -0.25) is 14.5 Å². The summed E-state index contributed by atoms with van der Waals surface area (Å²) in [4.78, 5) is 49.4. The molecule has 0 radical (unpaired) electrons. The number of carbonyl (C=O) groups excluding carboxylic acids is 4. The third kappa shape index (κ3) is 7.18. The van der Waals surface area contributed by atoms with E-state index in [1.165, 1.54) is 11.8 Å². The quantitative estimate of drug-likeness (QED) is 0.142. The van der Waals surface area contributed by atoms with Crippen LogP contribution in [0.3, 0.4) is 0 Å². The molecule has 0 bridgehead atoms. The first-order valence-corrected chi connectivity index (χ1v) is 12.1. The maximum atomic E-state index is 12.8. The Kier molecular flexibility index (Phi) is 12.4. The number of fused-ring (bicyclic) bond motifs is 1. The molecule has 2 aliphatic heterocycles. The summed E-state index contributed by atoms with van der Waals surface area (Å²) in [6, 6.07) is 0.622. The molecule has 2 unspecified atom stereocenters. The normalized spacial score (nSPS) is 19.5. The van der Waals surface area contributed by atoms with Gasteiger partial charge in [-0.25, -0.2) is 5.10 Å². The Bertz CT molecular complexity index is 1150. The fourth-order valence-electron chi connectivity index (χ4n) is 3.46. The molecular formula is C17H14K2N6O7S3. The average molecular weight is 589 g/mol. The van der Waals surface area contributed by atoms with E-state index in [2.05, 4.69) is 25.9 Å². The Morgan fingerprint density at radius 3 is 2.66 bits per heavy atom. The van der Waals surface area contributed by atoms with Gasteiger partial charge in [0.2, 0.25) is 11.1 Å². The molecule has 4 rings (SSSR count). The second-order valence-corrected chi connectivity index (χ2v) is 10.1. The van der Waals surface area contributed by atoms with Gasteiger partial charge in [-0.2, -0.15) is 0 Å². The third-order valence-corrected chi connectivity index (χ3v) is 8.09. The molecule has 2 aromatic heterocycles. The van der Waals surface area contributed by atoms with Gasteiger partial charge in [-0.1, -0.05) is 11.8 Å². The van der Waals surface area contributed by atoms with Gasteiger partial charge in [-0.05, 0) is 27.4 Å². The van der Waals surface area contributed by atoms with E-state index >= 15 is 0 Å². The van der Waals surface area contributed by atoms with Gasteiger partial charge in [0, 0.05) is 29.0 Å². The number of nitrogens with zero attached hydrogens (tertiary/aromatic N) is 4. The first-order chi connectivity index (χ1) is 15.8. The number of thiophene rings is 1. The van der Waals surface area contributed by atoms with Crippen LogP contribution in [0.1, 0.15) is 12.0 Å². The minimum atomic E-state index is -1.64. The standard InChI is InChI=1S/C17H16N6O7S3.2K/c24-9(3-6-1-2-31-16(6)30)18-11-13(27)23-12(15(28)29)7(5-32-14(11)23)8(4-10(25)26)33-17-19-21-22-20-17;;/h1-2,8,11,14,30H,3-5H2,(H,18,24)(H,25,26)(H,28,29)(H,19,20,21,22);;/q;2*+1/p-2/t8?,11?,14-;;/m0../s1. The maximum Gasteiger partial charge on any atom is 1.00 e. The van der Waals surface area contributed by atoms with Gasteiger partial charge in [0.25, 0.3) is 5.91 Å². The molecule has 18 heteroatoms. The number of hydrogen-bond acceptors (Lipinski definition) is 13. The van der Waals surface area contributed by atoms with Gasteiger partial charge < -0.3 is 30.2 Å². The number of aromatic hydroxyl groups is 1. The predicted octanol–water partition coefficient (Wildman–Crippen LogP) is -8.78. The summed E-state index contributed by atoms with van der Waals surface area (Å²) in [6.07, 6.45) is -0.685. The van der Waals surface area contributed by atoms with Crippen LogP contribution in [0, 0.1) is 0 Å². The number of rotatable bonds is 9. The van der Waals surface area contributed by atoms with Crippen LogP contribution < -0.4 is 118 Å². The molecule has 0 aromatic carbocycles. The van der Waals surface area contributed by atoms with Crippen LogP contribution in [-0.4, -0.2) is 76.8 Å². The number of aliphatic carboxylic acids is 2. The molecule has 2 amide bonds. The van der Waals surface area contributed by atoms with Crippen LogP contribution in [0.4, 0.5) is 0 Å². The Labute approximate surface area is 295 Å². The summed E-state index contributed by atoms with van der Waals surface area (Å²) in [7, 11) is 0. The van der Waals surface area contributed by atoms with Crippen molar-refractivity contribution in [3.8, 4) is 5.06 Å². The summed E-state index contributed by atoms with van der Waals surface area (Å²) < 4.78 is 0. The molecule has 0 aliphatic carbocycles. The topological polar surface area (TPSA) is 204 Å². The Hall–Kier alpha value is 0.163. The number of H-pyrrole nitrogens is 1. The van der Waals surface area contributed by atoms with Crippen molar-refractivity contribution in [3.63, 3.8) is 0 Å². The number of aromatic amines is 1. The van der Waals surface area contributed by atoms with Crippen LogP contribution in [0.5, 0.6) is 5.06 Å².